The summed E-state index contributed by atoms with van der Waals surface area (Å²) in [5.41, 5.74) is 3.02. The smallest absolute Gasteiger partial charge is 0.206 e. The maximum absolute atomic E-state index is 4.82. The first-order valence-corrected chi connectivity index (χ1v) is 8.80. The molecule has 0 saturated carbocycles. The van der Waals surface area contributed by atoms with Gasteiger partial charge in [0.25, 0.3) is 0 Å². The van der Waals surface area contributed by atoms with Crippen molar-refractivity contribution in [2.24, 2.45) is 7.05 Å². The number of para-hydroxylation sites is 2. The van der Waals surface area contributed by atoms with E-state index < -0.39 is 0 Å². The van der Waals surface area contributed by atoms with Crippen molar-refractivity contribution in [2.45, 2.75) is 6.92 Å². The Morgan fingerprint density at radius 3 is 2.54 bits per heavy atom. The monoisotopic (exact) mass is 348 g/mol. The van der Waals surface area contributed by atoms with Crippen LogP contribution < -0.4 is 9.80 Å². The third kappa shape index (κ3) is 2.22. The molecule has 8 nitrogen and oxygen atoms in total. The highest BCUT2D eigenvalue weighted by Crippen LogP contribution is 2.24. The van der Waals surface area contributed by atoms with Crippen molar-refractivity contribution in [3.05, 3.63) is 42.5 Å². The predicted octanol–water partition coefficient (Wildman–Crippen LogP) is 1.65. The van der Waals surface area contributed by atoms with E-state index in [4.69, 9.17) is 4.98 Å². The molecule has 26 heavy (non-hydrogen) atoms. The van der Waals surface area contributed by atoms with E-state index in [9.17, 15) is 0 Å². The van der Waals surface area contributed by atoms with Gasteiger partial charge in [-0.3, -0.25) is 4.40 Å². The van der Waals surface area contributed by atoms with E-state index in [1.54, 1.807) is 0 Å². The number of anilines is 2. The van der Waals surface area contributed by atoms with Crippen LogP contribution in [0.4, 0.5) is 11.8 Å². The largest absolute Gasteiger partial charge is 0.350 e. The molecule has 0 unspecified atom stereocenters. The minimum absolute atomic E-state index is 0.821. The second-order valence-electron chi connectivity index (χ2n) is 6.63. The van der Waals surface area contributed by atoms with Crippen LogP contribution in [0.1, 0.15) is 5.82 Å². The lowest BCUT2D eigenvalue weighted by atomic mass is 10.3. The number of fused-ring (bicyclic) bond motifs is 2. The maximum Gasteiger partial charge on any atom is 0.206 e. The summed E-state index contributed by atoms with van der Waals surface area (Å²) in [5.74, 6) is 2.80. The van der Waals surface area contributed by atoms with Crippen LogP contribution >= 0.6 is 0 Å². The number of imidazole rings is 1. The number of piperazine rings is 1. The third-order valence-electron chi connectivity index (χ3n) is 5.10. The van der Waals surface area contributed by atoms with Crippen molar-refractivity contribution in [3.63, 3.8) is 0 Å². The molecule has 0 amide bonds. The minimum Gasteiger partial charge on any atom is -0.350 e. The van der Waals surface area contributed by atoms with Gasteiger partial charge in [0.15, 0.2) is 5.82 Å². The average Bonchev–Trinajstić information content (AvgIpc) is 3.23. The number of hydrogen-bond donors (Lipinski definition) is 0. The van der Waals surface area contributed by atoms with Crippen molar-refractivity contribution >= 4 is 28.4 Å². The first kappa shape index (κ1) is 15.1. The average molecular weight is 348 g/mol. The molecule has 1 fully saturated rings. The summed E-state index contributed by atoms with van der Waals surface area (Å²) in [6.07, 6.45) is 3.72. The Kier molecular flexibility index (Phi) is 3.31. The van der Waals surface area contributed by atoms with Gasteiger partial charge in [-0.05, 0) is 19.1 Å². The van der Waals surface area contributed by atoms with Crippen molar-refractivity contribution in [1.82, 2.24) is 29.1 Å². The summed E-state index contributed by atoms with van der Waals surface area (Å²) in [7, 11) is 2.08. The van der Waals surface area contributed by atoms with Crippen LogP contribution in [0.25, 0.3) is 16.7 Å². The molecule has 1 saturated heterocycles. The highest BCUT2D eigenvalue weighted by Gasteiger charge is 2.24. The quantitative estimate of drug-likeness (QED) is 0.549. The fraction of sp³-hybridized carbons (Fsp3) is 0.333. The van der Waals surface area contributed by atoms with Gasteiger partial charge in [0.05, 0.1) is 11.0 Å². The molecule has 0 atom stereocenters. The van der Waals surface area contributed by atoms with Gasteiger partial charge in [-0.25, -0.2) is 9.97 Å². The van der Waals surface area contributed by atoms with Gasteiger partial charge in [-0.1, -0.05) is 12.1 Å². The van der Waals surface area contributed by atoms with Gasteiger partial charge in [-0.15, -0.1) is 10.2 Å². The molecule has 1 aliphatic heterocycles. The minimum atomic E-state index is 0.821. The number of hydrogen-bond acceptors (Lipinski definition) is 6. The molecule has 4 heterocycles. The van der Waals surface area contributed by atoms with Crippen LogP contribution in [0.3, 0.4) is 0 Å². The topological polar surface area (TPSA) is 67.4 Å². The number of nitrogens with zero attached hydrogens (tertiary/aromatic N) is 8. The molecule has 8 heteroatoms. The molecule has 0 bridgehead atoms. The van der Waals surface area contributed by atoms with E-state index in [0.29, 0.717) is 0 Å². The number of aromatic nitrogens is 6. The zero-order chi connectivity index (χ0) is 17.7. The first-order chi connectivity index (χ1) is 12.7. The summed E-state index contributed by atoms with van der Waals surface area (Å²) >= 11 is 0. The van der Waals surface area contributed by atoms with Gasteiger partial charge in [0.2, 0.25) is 11.6 Å². The molecule has 0 N–H and O–H groups in total. The summed E-state index contributed by atoms with van der Waals surface area (Å²) in [5, 5.41) is 8.46. The molecule has 0 spiro atoms. The molecule has 0 radical (unpaired) electrons. The summed E-state index contributed by atoms with van der Waals surface area (Å²) in [4.78, 5) is 14.0. The van der Waals surface area contributed by atoms with Crippen LogP contribution in [0, 0.1) is 6.92 Å². The molecular formula is C18H20N8. The van der Waals surface area contributed by atoms with Crippen molar-refractivity contribution in [3.8, 4) is 0 Å². The fourth-order valence-corrected chi connectivity index (χ4v) is 3.69. The normalized spacial score (nSPS) is 15.3. The molecule has 3 aromatic heterocycles. The van der Waals surface area contributed by atoms with E-state index in [1.807, 2.05) is 29.8 Å². The molecule has 1 aromatic carbocycles. The van der Waals surface area contributed by atoms with Gasteiger partial charge >= 0.3 is 0 Å². The van der Waals surface area contributed by atoms with E-state index >= 15 is 0 Å². The zero-order valence-electron chi connectivity index (χ0n) is 14.9. The Hall–Kier alpha value is -3.16. The van der Waals surface area contributed by atoms with Gasteiger partial charge in [-0.2, -0.15) is 0 Å². The Morgan fingerprint density at radius 2 is 1.73 bits per heavy atom. The lowest BCUT2D eigenvalue weighted by molar-refractivity contribution is 0.627. The summed E-state index contributed by atoms with van der Waals surface area (Å²) in [6.45, 7) is 5.50. The van der Waals surface area contributed by atoms with Crippen LogP contribution in [0.2, 0.25) is 0 Å². The third-order valence-corrected chi connectivity index (χ3v) is 5.10. The standard InChI is InChI=1S/C18H20N8/c1-13-21-22-17-16(19-7-8-26(13)17)24-9-11-25(12-10-24)18-20-14-5-3-4-6-15(14)23(18)2/h3-8H,9-12H2,1-2H3. The fourth-order valence-electron chi connectivity index (χ4n) is 3.69. The van der Waals surface area contributed by atoms with E-state index in [1.165, 1.54) is 0 Å². The van der Waals surface area contributed by atoms with Crippen molar-refractivity contribution < 1.29 is 0 Å². The molecule has 1 aliphatic rings. The van der Waals surface area contributed by atoms with E-state index in [-0.39, 0.29) is 0 Å². The van der Waals surface area contributed by atoms with Gasteiger partial charge in [0.1, 0.15) is 5.82 Å². The SMILES string of the molecule is Cc1nnc2c(N3CCN(c4nc5ccccc5n4C)CC3)nccn12. The van der Waals surface area contributed by atoms with Crippen LogP contribution in [-0.2, 0) is 7.05 Å². The lowest BCUT2D eigenvalue weighted by Crippen LogP contribution is -2.47. The first-order valence-electron chi connectivity index (χ1n) is 8.80. The molecule has 5 rings (SSSR count). The van der Waals surface area contributed by atoms with Crippen molar-refractivity contribution in [2.75, 3.05) is 36.0 Å². The summed E-state index contributed by atoms with van der Waals surface area (Å²) < 4.78 is 4.16. The number of benzene rings is 1. The van der Waals surface area contributed by atoms with Crippen LogP contribution in [0.5, 0.6) is 0 Å². The van der Waals surface area contributed by atoms with Crippen LogP contribution in [0.15, 0.2) is 36.7 Å². The molecule has 4 aromatic rings. The Bertz CT molecular complexity index is 1090. The predicted molar refractivity (Wildman–Crippen MR) is 101 cm³/mol. The van der Waals surface area contributed by atoms with Gasteiger partial charge in [0, 0.05) is 45.6 Å². The van der Waals surface area contributed by atoms with E-state index in [2.05, 4.69) is 54.8 Å². The van der Waals surface area contributed by atoms with E-state index in [0.717, 1.165) is 60.5 Å². The Morgan fingerprint density at radius 1 is 0.962 bits per heavy atom. The Balaban J connectivity index is 1.41. The highest BCUT2D eigenvalue weighted by atomic mass is 15.4. The molecular weight excluding hydrogens is 328 g/mol. The second-order valence-corrected chi connectivity index (χ2v) is 6.63. The van der Waals surface area contributed by atoms with Crippen LogP contribution in [-0.4, -0.2) is 55.3 Å². The maximum atomic E-state index is 4.82. The molecule has 0 aliphatic carbocycles. The van der Waals surface area contributed by atoms with Crippen molar-refractivity contribution in [1.29, 1.82) is 0 Å². The lowest BCUT2D eigenvalue weighted by Gasteiger charge is -2.35. The highest BCUT2D eigenvalue weighted by molar-refractivity contribution is 5.78. The number of rotatable bonds is 2. The zero-order valence-corrected chi connectivity index (χ0v) is 14.9. The second kappa shape index (κ2) is 5.69. The molecule has 132 valence electrons. The van der Waals surface area contributed by atoms with Gasteiger partial charge < -0.3 is 14.4 Å². The Labute approximate surface area is 150 Å². The summed E-state index contributed by atoms with van der Waals surface area (Å²) in [6, 6.07) is 8.26. The number of aryl methyl sites for hydroxylation is 2.